The molecule has 0 aliphatic heterocycles. The number of aromatic nitrogens is 2. The molecule has 2 amide bonds. The average Bonchev–Trinajstić information content (AvgIpc) is 2.64. The second-order valence-corrected chi connectivity index (χ2v) is 5.71. The number of methoxy groups -OCH3 is 2. The van der Waals surface area contributed by atoms with Crippen molar-refractivity contribution in [3.05, 3.63) is 40.3 Å². The minimum absolute atomic E-state index is 0.184. The van der Waals surface area contributed by atoms with E-state index in [4.69, 9.17) is 26.3 Å². The first kappa shape index (κ1) is 19.4. The molecule has 2 N–H and O–H groups in total. The molecule has 26 heavy (non-hydrogen) atoms. The van der Waals surface area contributed by atoms with Crippen LogP contribution in [-0.4, -0.2) is 30.2 Å². The van der Waals surface area contributed by atoms with Crippen molar-refractivity contribution >= 4 is 29.0 Å². The van der Waals surface area contributed by atoms with Crippen LogP contribution in [0.15, 0.2) is 18.5 Å². The molecule has 0 bridgehead atoms. The van der Waals surface area contributed by atoms with E-state index >= 15 is 0 Å². The van der Waals surface area contributed by atoms with Crippen LogP contribution in [0.1, 0.15) is 29.8 Å². The Morgan fingerprint density at radius 1 is 1.31 bits per heavy atom. The summed E-state index contributed by atoms with van der Waals surface area (Å²) in [6.45, 7) is 3.58. The van der Waals surface area contributed by atoms with Crippen molar-refractivity contribution in [3.8, 4) is 11.9 Å². The van der Waals surface area contributed by atoms with E-state index in [1.54, 1.807) is 14.0 Å². The molecule has 2 aromatic rings. The maximum Gasteiger partial charge on any atom is 0.323 e. The Morgan fingerprint density at radius 3 is 2.65 bits per heavy atom. The predicted octanol–water partition coefficient (Wildman–Crippen LogP) is 3.67. The molecule has 0 fully saturated rings. The first-order valence-electron chi connectivity index (χ1n) is 7.61. The van der Waals surface area contributed by atoms with E-state index in [1.165, 1.54) is 25.6 Å². The molecule has 0 saturated carbocycles. The number of carbonyl (C=O) groups excluding carboxylic acids is 1. The molecule has 1 unspecified atom stereocenters. The van der Waals surface area contributed by atoms with Crippen molar-refractivity contribution in [1.29, 1.82) is 5.26 Å². The topological polar surface area (TPSA) is 109 Å². The summed E-state index contributed by atoms with van der Waals surface area (Å²) in [5, 5.41) is 14.8. The Bertz CT molecular complexity index is 866. The van der Waals surface area contributed by atoms with E-state index in [2.05, 4.69) is 20.6 Å². The van der Waals surface area contributed by atoms with Gasteiger partial charge in [0.05, 0.1) is 47.7 Å². The van der Waals surface area contributed by atoms with E-state index in [1.807, 2.05) is 13.0 Å². The van der Waals surface area contributed by atoms with Crippen LogP contribution in [-0.2, 0) is 4.74 Å². The maximum absolute atomic E-state index is 12.3. The Balaban J connectivity index is 2.23. The molecule has 0 spiro atoms. The van der Waals surface area contributed by atoms with Crippen LogP contribution in [0, 0.1) is 18.3 Å². The molecule has 2 heterocycles. The summed E-state index contributed by atoms with van der Waals surface area (Å²) in [5.74, 6) is 0.184. The molecule has 1 atom stereocenters. The molecule has 0 aliphatic rings. The van der Waals surface area contributed by atoms with Crippen LogP contribution in [0.4, 0.5) is 16.2 Å². The number of nitrogens with one attached hydrogen (secondary N) is 2. The van der Waals surface area contributed by atoms with Crippen LogP contribution >= 0.6 is 11.6 Å². The normalized spacial score (nSPS) is 11.4. The summed E-state index contributed by atoms with van der Waals surface area (Å²) in [4.78, 5) is 20.5. The summed E-state index contributed by atoms with van der Waals surface area (Å²) in [5.41, 5.74) is 2.23. The van der Waals surface area contributed by atoms with Gasteiger partial charge in [0.1, 0.15) is 11.6 Å². The maximum atomic E-state index is 12.3. The number of halogens is 1. The fourth-order valence-corrected chi connectivity index (χ4v) is 2.57. The lowest BCUT2D eigenvalue weighted by molar-refractivity contribution is 0.120. The molecular weight excluding hydrogens is 358 g/mol. The number of nitrogens with zero attached hydrogens (tertiary/aromatic N) is 3. The Hall–Kier alpha value is -2.89. The summed E-state index contributed by atoms with van der Waals surface area (Å²) in [7, 11) is 2.96. The van der Waals surface area contributed by atoms with Gasteiger partial charge in [-0.05, 0) is 19.9 Å². The molecule has 136 valence electrons. The van der Waals surface area contributed by atoms with Crippen LogP contribution < -0.4 is 15.4 Å². The van der Waals surface area contributed by atoms with Crippen molar-refractivity contribution in [1.82, 2.24) is 9.97 Å². The van der Waals surface area contributed by atoms with Crippen molar-refractivity contribution in [2.24, 2.45) is 0 Å². The van der Waals surface area contributed by atoms with E-state index in [9.17, 15) is 4.79 Å². The molecular formula is C17H18ClN5O3. The highest BCUT2D eigenvalue weighted by atomic mass is 35.5. The quantitative estimate of drug-likeness (QED) is 0.825. The van der Waals surface area contributed by atoms with Gasteiger partial charge in [-0.25, -0.2) is 9.78 Å². The van der Waals surface area contributed by atoms with Gasteiger partial charge >= 0.3 is 6.03 Å². The number of hydrogen-bond donors (Lipinski definition) is 2. The summed E-state index contributed by atoms with van der Waals surface area (Å²) >= 11 is 6.31. The Labute approximate surface area is 156 Å². The number of anilines is 2. The minimum atomic E-state index is -0.535. The standard InChI is InChI=1S/C17H18ClN5O3/c1-9-15(18)14(10(2)25-3)13(8-20-9)23-17(24)22-12-5-11(6-19)16(26-4)21-7-12/h5,7-8,10H,1-4H3,(H2,22,23,24). The van der Waals surface area contributed by atoms with Crippen molar-refractivity contribution in [2.45, 2.75) is 20.0 Å². The van der Waals surface area contributed by atoms with Gasteiger partial charge in [-0.1, -0.05) is 11.6 Å². The highest BCUT2D eigenvalue weighted by molar-refractivity contribution is 6.32. The lowest BCUT2D eigenvalue weighted by atomic mass is 10.1. The van der Waals surface area contributed by atoms with Crippen molar-refractivity contribution in [2.75, 3.05) is 24.9 Å². The molecule has 0 radical (unpaired) electrons. The van der Waals surface area contributed by atoms with E-state index < -0.39 is 6.03 Å². The lowest BCUT2D eigenvalue weighted by Crippen LogP contribution is -2.21. The van der Waals surface area contributed by atoms with Gasteiger partial charge in [0, 0.05) is 12.7 Å². The van der Waals surface area contributed by atoms with Gasteiger partial charge in [-0.2, -0.15) is 5.26 Å². The van der Waals surface area contributed by atoms with Gasteiger partial charge in [0.15, 0.2) is 0 Å². The highest BCUT2D eigenvalue weighted by Gasteiger charge is 2.19. The molecule has 8 nitrogen and oxygen atoms in total. The number of pyridine rings is 2. The zero-order chi connectivity index (χ0) is 19.3. The van der Waals surface area contributed by atoms with Gasteiger partial charge in [0.2, 0.25) is 5.88 Å². The predicted molar refractivity (Wildman–Crippen MR) is 97.6 cm³/mol. The SMILES string of the molecule is COc1ncc(NC(=O)Nc2cnc(C)c(Cl)c2C(C)OC)cc1C#N. The second-order valence-electron chi connectivity index (χ2n) is 5.33. The third-order valence-electron chi connectivity index (χ3n) is 3.66. The zero-order valence-electron chi connectivity index (χ0n) is 14.8. The highest BCUT2D eigenvalue weighted by Crippen LogP contribution is 2.33. The number of aryl methyl sites for hydroxylation is 1. The molecule has 2 rings (SSSR count). The van der Waals surface area contributed by atoms with Crippen LogP contribution in [0.5, 0.6) is 5.88 Å². The van der Waals surface area contributed by atoms with Gasteiger partial charge in [-0.3, -0.25) is 4.98 Å². The van der Waals surface area contributed by atoms with Crippen LogP contribution in [0.25, 0.3) is 0 Å². The first-order valence-corrected chi connectivity index (χ1v) is 7.99. The zero-order valence-corrected chi connectivity index (χ0v) is 15.5. The molecule has 0 aliphatic carbocycles. The second kappa shape index (κ2) is 8.47. The molecule has 0 aromatic carbocycles. The Kier molecular flexibility index (Phi) is 6.33. The Morgan fingerprint density at radius 2 is 2.04 bits per heavy atom. The third kappa shape index (κ3) is 4.20. The molecule has 9 heteroatoms. The van der Waals surface area contributed by atoms with Crippen molar-refractivity contribution in [3.63, 3.8) is 0 Å². The van der Waals surface area contributed by atoms with Crippen LogP contribution in [0.3, 0.4) is 0 Å². The number of rotatable bonds is 5. The van der Waals surface area contributed by atoms with E-state index in [-0.39, 0.29) is 17.5 Å². The van der Waals surface area contributed by atoms with Gasteiger partial charge in [0.25, 0.3) is 0 Å². The molecule has 0 saturated heterocycles. The van der Waals surface area contributed by atoms with Gasteiger partial charge in [-0.15, -0.1) is 0 Å². The number of nitriles is 1. The minimum Gasteiger partial charge on any atom is -0.480 e. The third-order valence-corrected chi connectivity index (χ3v) is 4.14. The monoisotopic (exact) mass is 375 g/mol. The smallest absolute Gasteiger partial charge is 0.323 e. The number of ether oxygens (including phenoxy) is 2. The fraction of sp³-hybridized carbons (Fsp3) is 0.294. The lowest BCUT2D eigenvalue weighted by Gasteiger charge is -2.18. The number of urea groups is 1. The van der Waals surface area contributed by atoms with Gasteiger partial charge < -0.3 is 20.1 Å². The number of amides is 2. The van der Waals surface area contributed by atoms with E-state index in [0.29, 0.717) is 27.7 Å². The van der Waals surface area contributed by atoms with Crippen LogP contribution in [0.2, 0.25) is 5.02 Å². The summed E-state index contributed by atoms with van der Waals surface area (Å²) in [6, 6.07) is 2.88. The number of carbonyl (C=O) groups is 1. The summed E-state index contributed by atoms with van der Waals surface area (Å²) in [6.07, 6.45) is 2.56. The fourth-order valence-electron chi connectivity index (χ4n) is 2.26. The summed E-state index contributed by atoms with van der Waals surface area (Å²) < 4.78 is 10.3. The first-order chi connectivity index (χ1) is 12.4. The molecule has 2 aromatic heterocycles. The average molecular weight is 376 g/mol. The van der Waals surface area contributed by atoms with E-state index in [0.717, 1.165) is 0 Å². The number of hydrogen-bond acceptors (Lipinski definition) is 6. The van der Waals surface area contributed by atoms with Crippen molar-refractivity contribution < 1.29 is 14.3 Å². The largest absolute Gasteiger partial charge is 0.480 e.